The summed E-state index contributed by atoms with van der Waals surface area (Å²) in [5.74, 6) is 0.656. The van der Waals surface area contributed by atoms with E-state index in [-0.39, 0.29) is 0 Å². The number of allylic oxidation sites excluding steroid dienone is 3. The lowest BCUT2D eigenvalue weighted by Gasteiger charge is -2.06. The Morgan fingerprint density at radius 3 is 1.89 bits per heavy atom. The van der Waals surface area contributed by atoms with Gasteiger partial charge in [0.1, 0.15) is 0 Å². The molecule has 0 bridgehead atoms. The van der Waals surface area contributed by atoms with Crippen molar-refractivity contribution in [3.8, 4) is 0 Å². The van der Waals surface area contributed by atoms with E-state index in [1.54, 1.807) is 0 Å². The third-order valence-electron chi connectivity index (χ3n) is 1.79. The van der Waals surface area contributed by atoms with Gasteiger partial charge in [0.05, 0.1) is 0 Å². The van der Waals surface area contributed by atoms with Gasteiger partial charge in [-0.3, -0.25) is 0 Å². The van der Waals surface area contributed by atoms with Gasteiger partial charge in [-0.25, -0.2) is 0 Å². The fourth-order valence-corrected chi connectivity index (χ4v) is 0.616. The van der Waals surface area contributed by atoms with E-state index in [1.165, 1.54) is 11.1 Å². The van der Waals surface area contributed by atoms with Gasteiger partial charge < -0.3 is 0 Å². The van der Waals surface area contributed by atoms with Crippen LogP contribution in [-0.2, 0) is 0 Å². The van der Waals surface area contributed by atoms with E-state index >= 15 is 0 Å². The molecule has 0 amide bonds. The molecule has 0 aromatic rings. The average molecular weight is 124 g/mol. The predicted molar refractivity (Wildman–Crippen MR) is 43.4 cm³/mol. The standard InChI is InChI=1S/C9H16/c1-6-8(4)9(5)7(2)3/h6-7H,1H2,2-5H3. The highest BCUT2D eigenvalue weighted by molar-refractivity contribution is 5.21. The highest BCUT2D eigenvalue weighted by Crippen LogP contribution is 2.13. The van der Waals surface area contributed by atoms with E-state index in [2.05, 4.69) is 34.3 Å². The Bertz CT molecular complexity index is 127. The van der Waals surface area contributed by atoms with Gasteiger partial charge in [0, 0.05) is 0 Å². The number of hydrogen-bond donors (Lipinski definition) is 0. The molecule has 0 rings (SSSR count). The van der Waals surface area contributed by atoms with Crippen LogP contribution in [0.5, 0.6) is 0 Å². The minimum absolute atomic E-state index is 0.656. The molecule has 0 unspecified atom stereocenters. The summed E-state index contributed by atoms with van der Waals surface area (Å²) in [6.07, 6.45) is 1.91. The molecule has 0 heterocycles. The first kappa shape index (κ1) is 8.48. The van der Waals surface area contributed by atoms with Gasteiger partial charge in [-0.15, -0.1) is 0 Å². The van der Waals surface area contributed by atoms with E-state index in [0.717, 1.165) is 0 Å². The van der Waals surface area contributed by atoms with Crippen LogP contribution in [0.25, 0.3) is 0 Å². The predicted octanol–water partition coefficient (Wildman–Crippen LogP) is 3.16. The summed E-state index contributed by atoms with van der Waals surface area (Å²) in [5, 5.41) is 0. The van der Waals surface area contributed by atoms with Crippen LogP contribution in [0, 0.1) is 5.92 Å². The summed E-state index contributed by atoms with van der Waals surface area (Å²) in [6.45, 7) is 12.4. The molecule has 0 atom stereocenters. The Kier molecular flexibility index (Phi) is 3.29. The maximum atomic E-state index is 3.71. The summed E-state index contributed by atoms with van der Waals surface area (Å²) in [4.78, 5) is 0. The van der Waals surface area contributed by atoms with Crippen LogP contribution in [0.2, 0.25) is 0 Å². The third-order valence-corrected chi connectivity index (χ3v) is 1.79. The van der Waals surface area contributed by atoms with Crippen molar-refractivity contribution in [1.82, 2.24) is 0 Å². The molecule has 0 aliphatic heterocycles. The molecule has 0 aromatic carbocycles. The van der Waals surface area contributed by atoms with E-state index in [1.807, 2.05) is 6.08 Å². The molecule has 0 nitrogen and oxygen atoms in total. The quantitative estimate of drug-likeness (QED) is 0.496. The highest BCUT2D eigenvalue weighted by atomic mass is 14.0. The monoisotopic (exact) mass is 124 g/mol. The molecule has 0 aliphatic rings. The SMILES string of the molecule is C=CC(C)=C(C)C(C)C. The topological polar surface area (TPSA) is 0 Å². The zero-order valence-electron chi connectivity index (χ0n) is 6.86. The molecule has 0 saturated carbocycles. The van der Waals surface area contributed by atoms with Crippen LogP contribution in [0.3, 0.4) is 0 Å². The van der Waals surface area contributed by atoms with Gasteiger partial charge in [0.25, 0.3) is 0 Å². The fourth-order valence-electron chi connectivity index (χ4n) is 0.616. The van der Waals surface area contributed by atoms with Crippen LogP contribution in [-0.4, -0.2) is 0 Å². The Labute approximate surface area is 58.3 Å². The van der Waals surface area contributed by atoms with Crippen molar-refractivity contribution in [2.24, 2.45) is 5.92 Å². The molecule has 0 heteroatoms. The largest absolute Gasteiger partial charge is 0.0988 e. The Morgan fingerprint density at radius 1 is 1.33 bits per heavy atom. The van der Waals surface area contributed by atoms with Gasteiger partial charge in [0.2, 0.25) is 0 Å². The van der Waals surface area contributed by atoms with Crippen LogP contribution >= 0.6 is 0 Å². The zero-order chi connectivity index (χ0) is 7.44. The number of rotatable bonds is 2. The first-order valence-corrected chi connectivity index (χ1v) is 3.39. The van der Waals surface area contributed by atoms with E-state index < -0.39 is 0 Å². The second-order valence-electron chi connectivity index (χ2n) is 2.72. The van der Waals surface area contributed by atoms with Gasteiger partial charge in [0.15, 0.2) is 0 Å². The van der Waals surface area contributed by atoms with E-state index in [4.69, 9.17) is 0 Å². The molecule has 0 spiro atoms. The van der Waals surface area contributed by atoms with Crippen molar-refractivity contribution in [2.45, 2.75) is 27.7 Å². The van der Waals surface area contributed by atoms with Crippen molar-refractivity contribution in [2.75, 3.05) is 0 Å². The van der Waals surface area contributed by atoms with Gasteiger partial charge in [-0.05, 0) is 19.8 Å². The summed E-state index contributed by atoms with van der Waals surface area (Å²) in [5.41, 5.74) is 2.75. The molecule has 52 valence electrons. The molecule has 0 fully saturated rings. The maximum Gasteiger partial charge on any atom is -0.0257 e. The summed E-state index contributed by atoms with van der Waals surface area (Å²) < 4.78 is 0. The lowest BCUT2D eigenvalue weighted by molar-refractivity contribution is 0.761. The minimum atomic E-state index is 0.656. The first-order chi connectivity index (χ1) is 4.09. The highest BCUT2D eigenvalue weighted by Gasteiger charge is 1.96. The lowest BCUT2D eigenvalue weighted by atomic mass is 10.0. The Hall–Kier alpha value is -0.520. The van der Waals surface area contributed by atoms with Crippen molar-refractivity contribution in [3.63, 3.8) is 0 Å². The van der Waals surface area contributed by atoms with Crippen molar-refractivity contribution >= 4 is 0 Å². The second kappa shape index (κ2) is 3.49. The number of hydrogen-bond acceptors (Lipinski definition) is 0. The zero-order valence-corrected chi connectivity index (χ0v) is 6.86. The van der Waals surface area contributed by atoms with E-state index in [9.17, 15) is 0 Å². The average Bonchev–Trinajstić information content (AvgIpc) is 1.84. The lowest BCUT2D eigenvalue weighted by Crippen LogP contribution is -1.90. The van der Waals surface area contributed by atoms with Gasteiger partial charge in [-0.1, -0.05) is 37.6 Å². The third kappa shape index (κ3) is 2.50. The van der Waals surface area contributed by atoms with Gasteiger partial charge >= 0.3 is 0 Å². The molecule has 0 N–H and O–H groups in total. The minimum Gasteiger partial charge on any atom is -0.0988 e. The molecular formula is C9H16. The van der Waals surface area contributed by atoms with Crippen molar-refractivity contribution < 1.29 is 0 Å². The Morgan fingerprint density at radius 2 is 1.78 bits per heavy atom. The van der Waals surface area contributed by atoms with Crippen LogP contribution in [0.4, 0.5) is 0 Å². The molecular weight excluding hydrogens is 108 g/mol. The normalized spacial score (nSPS) is 13.4. The van der Waals surface area contributed by atoms with Crippen LogP contribution < -0.4 is 0 Å². The molecule has 0 aliphatic carbocycles. The first-order valence-electron chi connectivity index (χ1n) is 3.39. The second-order valence-corrected chi connectivity index (χ2v) is 2.72. The van der Waals surface area contributed by atoms with Crippen molar-refractivity contribution in [1.29, 1.82) is 0 Å². The van der Waals surface area contributed by atoms with Crippen LogP contribution in [0.1, 0.15) is 27.7 Å². The summed E-state index contributed by atoms with van der Waals surface area (Å²) in [7, 11) is 0. The van der Waals surface area contributed by atoms with Crippen molar-refractivity contribution in [3.05, 3.63) is 23.8 Å². The summed E-state index contributed by atoms with van der Waals surface area (Å²) >= 11 is 0. The molecule has 9 heavy (non-hydrogen) atoms. The molecule has 0 saturated heterocycles. The van der Waals surface area contributed by atoms with Crippen LogP contribution in [0.15, 0.2) is 23.8 Å². The molecule has 0 aromatic heterocycles. The molecule has 0 radical (unpaired) electrons. The van der Waals surface area contributed by atoms with E-state index in [0.29, 0.717) is 5.92 Å². The summed E-state index contributed by atoms with van der Waals surface area (Å²) in [6, 6.07) is 0. The Balaban J connectivity index is 4.27. The fraction of sp³-hybridized carbons (Fsp3) is 0.556. The maximum absolute atomic E-state index is 3.71. The van der Waals surface area contributed by atoms with Gasteiger partial charge in [-0.2, -0.15) is 0 Å². The smallest absolute Gasteiger partial charge is 0.0257 e.